The van der Waals surface area contributed by atoms with Gasteiger partial charge in [-0.3, -0.25) is 19.1 Å². The molecule has 2 aromatic rings. The van der Waals surface area contributed by atoms with Crippen molar-refractivity contribution in [2.24, 2.45) is 0 Å². The number of nitrogens with one attached hydrogen (secondary N) is 1. The van der Waals surface area contributed by atoms with Crippen LogP contribution in [0.5, 0.6) is 0 Å². The van der Waals surface area contributed by atoms with Gasteiger partial charge in [-0.15, -0.1) is 0 Å². The van der Waals surface area contributed by atoms with Crippen molar-refractivity contribution in [3.8, 4) is 0 Å². The molecule has 8 heteroatoms. The number of morpholine rings is 1. The number of hydrogen-bond acceptors (Lipinski definition) is 5. The SMILES string of the molecule is CCn1nc(C)c2c1cnn2CC(=O)NCCCN1CCOCC1. The van der Waals surface area contributed by atoms with Gasteiger partial charge in [0, 0.05) is 26.2 Å². The Bertz CT molecular complexity index is 686. The van der Waals surface area contributed by atoms with Crippen molar-refractivity contribution in [2.45, 2.75) is 33.4 Å². The number of rotatable bonds is 7. The third kappa shape index (κ3) is 3.76. The lowest BCUT2D eigenvalue weighted by Crippen LogP contribution is -2.38. The Labute approximate surface area is 141 Å². The van der Waals surface area contributed by atoms with Gasteiger partial charge in [0.25, 0.3) is 0 Å². The fraction of sp³-hybridized carbons (Fsp3) is 0.688. The molecular formula is C16H26N6O2. The number of carbonyl (C=O) groups excluding carboxylic acids is 1. The molecule has 1 aliphatic rings. The zero-order valence-corrected chi connectivity index (χ0v) is 14.5. The summed E-state index contributed by atoms with van der Waals surface area (Å²) in [4.78, 5) is 14.5. The minimum Gasteiger partial charge on any atom is -0.379 e. The zero-order chi connectivity index (χ0) is 16.9. The van der Waals surface area contributed by atoms with Crippen LogP contribution in [0, 0.1) is 6.92 Å². The Hall–Kier alpha value is -1.93. The molecule has 3 heterocycles. The van der Waals surface area contributed by atoms with E-state index in [1.54, 1.807) is 10.9 Å². The minimum atomic E-state index is -0.00868. The Morgan fingerprint density at radius 2 is 2.12 bits per heavy atom. The summed E-state index contributed by atoms with van der Waals surface area (Å²) in [6, 6.07) is 0. The van der Waals surface area contributed by atoms with E-state index in [9.17, 15) is 4.79 Å². The van der Waals surface area contributed by atoms with E-state index in [0.29, 0.717) is 6.54 Å². The predicted molar refractivity (Wildman–Crippen MR) is 90.8 cm³/mol. The first-order chi connectivity index (χ1) is 11.7. The van der Waals surface area contributed by atoms with Crippen LogP contribution >= 0.6 is 0 Å². The highest BCUT2D eigenvalue weighted by Gasteiger charge is 2.15. The number of carbonyl (C=O) groups is 1. The summed E-state index contributed by atoms with van der Waals surface area (Å²) in [5, 5.41) is 11.8. The van der Waals surface area contributed by atoms with Gasteiger partial charge in [-0.05, 0) is 26.8 Å². The van der Waals surface area contributed by atoms with E-state index in [1.807, 2.05) is 18.5 Å². The van der Waals surface area contributed by atoms with Gasteiger partial charge in [-0.25, -0.2) is 0 Å². The third-order valence-electron chi connectivity index (χ3n) is 4.38. The molecule has 2 aromatic heterocycles. The number of hydrogen-bond donors (Lipinski definition) is 1. The second kappa shape index (κ2) is 7.76. The molecule has 0 radical (unpaired) electrons. The Balaban J connectivity index is 1.47. The van der Waals surface area contributed by atoms with E-state index < -0.39 is 0 Å². The molecule has 24 heavy (non-hydrogen) atoms. The number of ether oxygens (including phenoxy) is 1. The lowest BCUT2D eigenvalue weighted by molar-refractivity contribution is -0.121. The van der Waals surface area contributed by atoms with Crippen molar-refractivity contribution in [2.75, 3.05) is 39.4 Å². The van der Waals surface area contributed by atoms with Crippen LogP contribution in [-0.4, -0.2) is 69.8 Å². The summed E-state index contributed by atoms with van der Waals surface area (Å²) < 4.78 is 8.98. The summed E-state index contributed by atoms with van der Waals surface area (Å²) >= 11 is 0. The van der Waals surface area contributed by atoms with E-state index in [0.717, 1.165) is 62.5 Å². The summed E-state index contributed by atoms with van der Waals surface area (Å²) in [5.74, 6) is -0.00868. The van der Waals surface area contributed by atoms with Crippen molar-refractivity contribution in [1.29, 1.82) is 0 Å². The number of nitrogens with zero attached hydrogens (tertiary/aromatic N) is 5. The van der Waals surface area contributed by atoms with Gasteiger partial charge in [0.05, 0.1) is 25.1 Å². The van der Waals surface area contributed by atoms with Crippen LogP contribution < -0.4 is 5.32 Å². The van der Waals surface area contributed by atoms with Crippen molar-refractivity contribution >= 4 is 16.9 Å². The first-order valence-electron chi connectivity index (χ1n) is 8.64. The molecule has 0 aromatic carbocycles. The molecule has 8 nitrogen and oxygen atoms in total. The van der Waals surface area contributed by atoms with E-state index in [2.05, 4.69) is 20.4 Å². The summed E-state index contributed by atoms with van der Waals surface area (Å²) in [6.45, 7) is 10.3. The molecule has 0 aliphatic carbocycles. The number of aryl methyl sites for hydroxylation is 2. The molecule has 1 fully saturated rings. The summed E-state index contributed by atoms with van der Waals surface area (Å²) in [6.07, 6.45) is 2.73. The molecule has 1 N–H and O–H groups in total. The highest BCUT2D eigenvalue weighted by molar-refractivity contribution is 5.81. The van der Waals surface area contributed by atoms with E-state index in [4.69, 9.17) is 4.74 Å². The quantitative estimate of drug-likeness (QED) is 0.742. The molecule has 0 atom stereocenters. The van der Waals surface area contributed by atoms with Gasteiger partial charge in [-0.2, -0.15) is 10.2 Å². The maximum absolute atomic E-state index is 12.2. The molecule has 1 amide bonds. The van der Waals surface area contributed by atoms with Crippen molar-refractivity contribution < 1.29 is 9.53 Å². The van der Waals surface area contributed by atoms with Crippen LogP contribution in [0.4, 0.5) is 0 Å². The van der Waals surface area contributed by atoms with Gasteiger partial charge in [0.1, 0.15) is 17.6 Å². The predicted octanol–water partition coefficient (Wildman–Crippen LogP) is 0.400. The maximum atomic E-state index is 12.2. The van der Waals surface area contributed by atoms with Gasteiger partial charge >= 0.3 is 0 Å². The first kappa shape index (κ1) is 16.9. The van der Waals surface area contributed by atoms with Gasteiger partial charge in [-0.1, -0.05) is 0 Å². The largest absolute Gasteiger partial charge is 0.379 e. The fourth-order valence-electron chi connectivity index (χ4n) is 3.13. The molecular weight excluding hydrogens is 308 g/mol. The third-order valence-corrected chi connectivity index (χ3v) is 4.38. The standard InChI is InChI=1S/C16H26N6O2/c1-3-21-14-11-18-22(16(14)13(2)19-21)12-15(23)17-5-4-6-20-7-9-24-10-8-20/h11H,3-10,12H2,1-2H3,(H,17,23). The van der Waals surface area contributed by atoms with Crippen LogP contribution in [0.15, 0.2) is 6.20 Å². The van der Waals surface area contributed by atoms with E-state index >= 15 is 0 Å². The average Bonchev–Trinajstić information content (AvgIpc) is 3.14. The second-order valence-corrected chi connectivity index (χ2v) is 6.09. The Morgan fingerprint density at radius 1 is 1.33 bits per heavy atom. The highest BCUT2D eigenvalue weighted by Crippen LogP contribution is 2.17. The fourth-order valence-corrected chi connectivity index (χ4v) is 3.13. The van der Waals surface area contributed by atoms with E-state index in [1.165, 1.54) is 0 Å². The smallest absolute Gasteiger partial charge is 0.241 e. The van der Waals surface area contributed by atoms with Crippen LogP contribution in [0.1, 0.15) is 19.0 Å². The lowest BCUT2D eigenvalue weighted by atomic mass is 10.3. The monoisotopic (exact) mass is 334 g/mol. The highest BCUT2D eigenvalue weighted by atomic mass is 16.5. The Morgan fingerprint density at radius 3 is 2.88 bits per heavy atom. The summed E-state index contributed by atoms with van der Waals surface area (Å²) in [5.41, 5.74) is 2.83. The molecule has 1 aliphatic heterocycles. The molecule has 132 valence electrons. The van der Waals surface area contributed by atoms with Crippen LogP contribution in [0.3, 0.4) is 0 Å². The normalized spacial score (nSPS) is 15.9. The molecule has 3 rings (SSSR count). The van der Waals surface area contributed by atoms with Crippen LogP contribution in [-0.2, 0) is 22.6 Å². The van der Waals surface area contributed by atoms with Crippen LogP contribution in [0.25, 0.3) is 11.0 Å². The number of fused-ring (bicyclic) bond motifs is 1. The maximum Gasteiger partial charge on any atom is 0.241 e. The molecule has 0 bridgehead atoms. The van der Waals surface area contributed by atoms with E-state index in [-0.39, 0.29) is 12.5 Å². The topological polar surface area (TPSA) is 77.2 Å². The average molecular weight is 334 g/mol. The summed E-state index contributed by atoms with van der Waals surface area (Å²) in [7, 11) is 0. The van der Waals surface area contributed by atoms with Crippen LogP contribution in [0.2, 0.25) is 0 Å². The van der Waals surface area contributed by atoms with Gasteiger partial charge in [0.2, 0.25) is 5.91 Å². The van der Waals surface area contributed by atoms with Gasteiger partial charge in [0.15, 0.2) is 0 Å². The van der Waals surface area contributed by atoms with Crippen molar-refractivity contribution in [3.63, 3.8) is 0 Å². The molecule has 0 saturated carbocycles. The zero-order valence-electron chi connectivity index (χ0n) is 14.5. The molecule has 0 unspecified atom stereocenters. The lowest BCUT2D eigenvalue weighted by Gasteiger charge is -2.26. The van der Waals surface area contributed by atoms with Gasteiger partial charge < -0.3 is 10.1 Å². The first-order valence-corrected chi connectivity index (χ1v) is 8.64. The Kier molecular flexibility index (Phi) is 5.47. The molecule has 0 spiro atoms. The molecule has 1 saturated heterocycles. The number of aromatic nitrogens is 4. The second-order valence-electron chi connectivity index (χ2n) is 6.09. The minimum absolute atomic E-state index is 0.00868. The number of amides is 1. The van der Waals surface area contributed by atoms with Crippen molar-refractivity contribution in [3.05, 3.63) is 11.9 Å². The van der Waals surface area contributed by atoms with Crippen molar-refractivity contribution in [1.82, 2.24) is 29.8 Å².